The Morgan fingerprint density at radius 2 is 1.97 bits per heavy atom. The van der Waals surface area contributed by atoms with E-state index in [4.69, 9.17) is 23.2 Å². The zero-order chi connectivity index (χ0) is 20.9. The van der Waals surface area contributed by atoms with Gasteiger partial charge in [0.05, 0.1) is 22.1 Å². The molecule has 1 N–H and O–H groups in total. The average molecular weight is 459 g/mol. The highest BCUT2D eigenvalue weighted by Gasteiger charge is 2.31. The van der Waals surface area contributed by atoms with Gasteiger partial charge in [-0.05, 0) is 37.0 Å². The van der Waals surface area contributed by atoms with Gasteiger partial charge in [-0.25, -0.2) is 17.7 Å². The molecule has 158 valence electrons. The van der Waals surface area contributed by atoms with E-state index in [9.17, 15) is 13.2 Å². The van der Waals surface area contributed by atoms with Crippen LogP contribution >= 0.6 is 23.2 Å². The monoisotopic (exact) mass is 458 g/mol. The molecule has 2 aromatic rings. The molecule has 0 radical (unpaired) electrons. The van der Waals surface area contributed by atoms with E-state index in [-0.39, 0.29) is 17.6 Å². The van der Waals surface area contributed by atoms with Crippen LogP contribution in [0.2, 0.25) is 10.0 Å². The van der Waals surface area contributed by atoms with Gasteiger partial charge in [-0.1, -0.05) is 29.3 Å². The van der Waals surface area contributed by atoms with Crippen LogP contribution in [-0.2, 0) is 27.1 Å². The predicted octanol–water partition coefficient (Wildman–Crippen LogP) is 2.94. The lowest BCUT2D eigenvalue weighted by atomic mass is 9.97. The maximum absolute atomic E-state index is 12.7. The van der Waals surface area contributed by atoms with Crippen molar-refractivity contribution in [2.24, 2.45) is 5.92 Å². The third-order valence-electron chi connectivity index (χ3n) is 5.00. The summed E-state index contributed by atoms with van der Waals surface area (Å²) in [5.41, 5.74) is 0.595. The topological polar surface area (TPSA) is 84.3 Å². The Morgan fingerprint density at radius 1 is 1.21 bits per heavy atom. The summed E-state index contributed by atoms with van der Waals surface area (Å²) in [5, 5.41) is 3.68. The first-order valence-corrected chi connectivity index (χ1v) is 11.9. The Balaban J connectivity index is 1.43. The fourth-order valence-electron chi connectivity index (χ4n) is 3.36. The van der Waals surface area contributed by atoms with Crippen molar-refractivity contribution >= 4 is 39.1 Å². The first kappa shape index (κ1) is 22.1. The van der Waals surface area contributed by atoms with E-state index in [0.717, 1.165) is 13.0 Å². The van der Waals surface area contributed by atoms with E-state index in [1.165, 1.54) is 4.31 Å². The maximum Gasteiger partial charge on any atom is 0.223 e. The van der Waals surface area contributed by atoms with Crippen molar-refractivity contribution in [2.75, 3.05) is 19.6 Å². The van der Waals surface area contributed by atoms with E-state index in [1.54, 1.807) is 30.7 Å². The number of carbonyl (C=O) groups is 1. The van der Waals surface area contributed by atoms with Crippen LogP contribution in [0.1, 0.15) is 24.8 Å². The van der Waals surface area contributed by atoms with Crippen molar-refractivity contribution in [1.82, 2.24) is 19.2 Å². The number of aryl methyl sites for hydroxylation is 1. The van der Waals surface area contributed by atoms with Crippen LogP contribution in [0, 0.1) is 5.92 Å². The summed E-state index contributed by atoms with van der Waals surface area (Å²) in [6.45, 7) is 2.08. The number of nitrogens with zero attached hydrogens (tertiary/aromatic N) is 3. The summed E-state index contributed by atoms with van der Waals surface area (Å²) in [7, 11) is -3.47. The minimum Gasteiger partial charge on any atom is -0.356 e. The number of nitrogens with one attached hydrogen (secondary N) is 1. The number of hydrogen-bond acceptors (Lipinski definition) is 4. The summed E-state index contributed by atoms with van der Waals surface area (Å²) in [4.78, 5) is 16.3. The fourth-order valence-corrected chi connectivity index (χ4v) is 5.24. The van der Waals surface area contributed by atoms with Gasteiger partial charge in [0, 0.05) is 44.5 Å². The Labute approximate surface area is 181 Å². The average Bonchev–Trinajstić information content (AvgIpc) is 3.21. The standard InChI is InChI=1S/C19H24Cl2N4O3S/c20-17-3-2-15(12-18(17)21)13-29(27,28)25-9-4-16(5-10-25)19(26)23-6-1-8-24-11-7-22-14-24/h2-3,7,11-12,14,16H,1,4-6,8-10,13H2,(H,23,26). The second-order valence-electron chi connectivity index (χ2n) is 7.12. The molecule has 2 heterocycles. The lowest BCUT2D eigenvalue weighted by Crippen LogP contribution is -2.43. The van der Waals surface area contributed by atoms with Crippen molar-refractivity contribution in [3.63, 3.8) is 0 Å². The number of imidazole rings is 1. The quantitative estimate of drug-likeness (QED) is 0.616. The van der Waals surface area contributed by atoms with Gasteiger partial charge in [0.1, 0.15) is 0 Å². The van der Waals surface area contributed by atoms with Crippen molar-refractivity contribution in [3.8, 4) is 0 Å². The van der Waals surface area contributed by atoms with Gasteiger partial charge in [0.2, 0.25) is 15.9 Å². The summed E-state index contributed by atoms with van der Waals surface area (Å²) in [5.74, 6) is -0.286. The molecule has 0 spiro atoms. The zero-order valence-corrected chi connectivity index (χ0v) is 18.3. The molecule has 7 nitrogen and oxygen atoms in total. The number of amides is 1. The van der Waals surface area contributed by atoms with E-state index in [1.807, 2.05) is 10.8 Å². The first-order valence-electron chi connectivity index (χ1n) is 9.50. The van der Waals surface area contributed by atoms with Gasteiger partial charge in [-0.15, -0.1) is 0 Å². The van der Waals surface area contributed by atoms with Crippen molar-refractivity contribution in [1.29, 1.82) is 0 Å². The number of aromatic nitrogens is 2. The van der Waals surface area contributed by atoms with Crippen LogP contribution < -0.4 is 5.32 Å². The molecule has 1 amide bonds. The summed E-state index contributed by atoms with van der Waals surface area (Å²) in [6.07, 6.45) is 7.22. The molecule has 0 atom stereocenters. The lowest BCUT2D eigenvalue weighted by molar-refractivity contribution is -0.126. The Bertz CT molecular complexity index is 927. The van der Waals surface area contributed by atoms with E-state index in [2.05, 4.69) is 10.3 Å². The number of piperidine rings is 1. The molecule has 3 rings (SSSR count). The normalized spacial score (nSPS) is 16.1. The second-order valence-corrected chi connectivity index (χ2v) is 9.91. The summed E-state index contributed by atoms with van der Waals surface area (Å²) >= 11 is 11.9. The van der Waals surface area contributed by atoms with Crippen LogP contribution in [0.5, 0.6) is 0 Å². The number of sulfonamides is 1. The third kappa shape index (κ3) is 6.18. The van der Waals surface area contributed by atoms with Gasteiger partial charge in [-0.3, -0.25) is 4.79 Å². The molecule has 0 unspecified atom stereocenters. The Kier molecular flexibility index (Phi) is 7.56. The zero-order valence-electron chi connectivity index (χ0n) is 15.9. The molecule has 1 aromatic carbocycles. The van der Waals surface area contributed by atoms with Gasteiger partial charge in [0.25, 0.3) is 0 Å². The van der Waals surface area contributed by atoms with Gasteiger partial charge in [-0.2, -0.15) is 0 Å². The summed E-state index contributed by atoms with van der Waals surface area (Å²) in [6, 6.07) is 4.83. The minimum absolute atomic E-state index is 0.00263. The molecule has 1 aromatic heterocycles. The predicted molar refractivity (Wildman–Crippen MR) is 113 cm³/mol. The molecule has 10 heteroatoms. The Hall–Kier alpha value is -1.61. The highest BCUT2D eigenvalue weighted by Crippen LogP contribution is 2.26. The smallest absolute Gasteiger partial charge is 0.223 e. The van der Waals surface area contributed by atoms with Crippen LogP contribution in [0.3, 0.4) is 0 Å². The van der Waals surface area contributed by atoms with Gasteiger partial charge in [0.15, 0.2) is 0 Å². The van der Waals surface area contributed by atoms with Crippen molar-refractivity contribution in [2.45, 2.75) is 31.6 Å². The maximum atomic E-state index is 12.7. The van der Waals surface area contributed by atoms with Gasteiger partial charge < -0.3 is 9.88 Å². The number of rotatable bonds is 8. The molecular formula is C19H24Cl2N4O3S. The lowest BCUT2D eigenvalue weighted by Gasteiger charge is -2.30. The molecule has 0 bridgehead atoms. The molecular weight excluding hydrogens is 435 g/mol. The number of hydrogen-bond donors (Lipinski definition) is 1. The third-order valence-corrected chi connectivity index (χ3v) is 7.59. The molecule has 1 aliphatic heterocycles. The highest BCUT2D eigenvalue weighted by atomic mass is 35.5. The number of carbonyl (C=O) groups excluding carboxylic acids is 1. The van der Waals surface area contributed by atoms with E-state index >= 15 is 0 Å². The molecule has 1 saturated heterocycles. The first-order chi connectivity index (χ1) is 13.8. The SMILES string of the molecule is O=C(NCCCn1ccnc1)C1CCN(S(=O)(=O)Cc2ccc(Cl)c(Cl)c2)CC1. The fraction of sp³-hybridized carbons (Fsp3) is 0.474. The van der Waals surface area contributed by atoms with E-state index in [0.29, 0.717) is 48.1 Å². The number of halogens is 2. The molecule has 29 heavy (non-hydrogen) atoms. The van der Waals surface area contributed by atoms with Crippen LogP contribution in [-0.4, -0.2) is 47.8 Å². The molecule has 1 fully saturated rings. The molecule has 0 aliphatic carbocycles. The number of benzene rings is 1. The minimum atomic E-state index is -3.47. The van der Waals surface area contributed by atoms with Crippen LogP contribution in [0.4, 0.5) is 0 Å². The molecule has 1 aliphatic rings. The second kappa shape index (κ2) is 9.93. The highest BCUT2D eigenvalue weighted by molar-refractivity contribution is 7.88. The van der Waals surface area contributed by atoms with Gasteiger partial charge >= 0.3 is 0 Å². The molecule has 0 saturated carbocycles. The largest absolute Gasteiger partial charge is 0.356 e. The summed E-state index contributed by atoms with van der Waals surface area (Å²) < 4.78 is 28.8. The Morgan fingerprint density at radius 3 is 2.62 bits per heavy atom. The van der Waals surface area contributed by atoms with Crippen LogP contribution in [0.15, 0.2) is 36.9 Å². The van der Waals surface area contributed by atoms with Crippen molar-refractivity contribution in [3.05, 3.63) is 52.5 Å². The van der Waals surface area contributed by atoms with Crippen LogP contribution in [0.25, 0.3) is 0 Å². The van der Waals surface area contributed by atoms with Crippen molar-refractivity contribution < 1.29 is 13.2 Å². The van der Waals surface area contributed by atoms with E-state index < -0.39 is 10.0 Å².